The topological polar surface area (TPSA) is 73.7 Å². The maximum atomic E-state index is 13.6. The zero-order valence-electron chi connectivity index (χ0n) is 18.8. The van der Waals surface area contributed by atoms with Crippen molar-refractivity contribution in [3.63, 3.8) is 0 Å². The fraction of sp³-hybridized carbons (Fsp3) is 0.783. The van der Waals surface area contributed by atoms with E-state index in [0.29, 0.717) is 12.5 Å². The van der Waals surface area contributed by atoms with Crippen LogP contribution in [0.4, 0.5) is 4.79 Å². The molecule has 1 saturated carbocycles. The number of carbonyl (C=O) groups is 2. The molecule has 8 heteroatoms. The number of rotatable bonds is 5. The minimum Gasteiger partial charge on any atom is -0.355 e. The highest BCUT2D eigenvalue weighted by Gasteiger charge is 2.53. The van der Waals surface area contributed by atoms with E-state index in [1.54, 1.807) is 0 Å². The van der Waals surface area contributed by atoms with Gasteiger partial charge in [-0.15, -0.1) is 0 Å². The predicted molar refractivity (Wildman–Crippen MR) is 117 cm³/mol. The maximum absolute atomic E-state index is 13.6. The second-order valence-corrected chi connectivity index (χ2v) is 10.2. The summed E-state index contributed by atoms with van der Waals surface area (Å²) < 4.78 is 1.83. The molecule has 0 unspecified atom stereocenters. The van der Waals surface area contributed by atoms with Gasteiger partial charge in [-0.3, -0.25) is 14.4 Å². The maximum Gasteiger partial charge on any atom is 0.320 e. The first-order chi connectivity index (χ1) is 15.0. The molecule has 31 heavy (non-hydrogen) atoms. The Bertz CT molecular complexity index is 815. The number of amides is 3. The monoisotopic (exact) mass is 428 g/mol. The van der Waals surface area contributed by atoms with Crippen LogP contribution in [0.15, 0.2) is 12.4 Å². The molecule has 0 spiro atoms. The lowest BCUT2D eigenvalue weighted by atomic mass is 9.74. The summed E-state index contributed by atoms with van der Waals surface area (Å²) in [6, 6.07) is 0.178. The number of nitrogens with one attached hydrogen (secondary N) is 1. The van der Waals surface area contributed by atoms with Gasteiger partial charge in [0.25, 0.3) is 0 Å². The predicted octanol–water partition coefficient (Wildman–Crippen LogP) is 1.68. The molecule has 5 rings (SSSR count). The van der Waals surface area contributed by atoms with Crippen molar-refractivity contribution in [2.24, 2.45) is 24.3 Å². The van der Waals surface area contributed by atoms with E-state index in [-0.39, 0.29) is 17.9 Å². The summed E-state index contributed by atoms with van der Waals surface area (Å²) in [5.74, 6) is 1.07. The fourth-order valence-corrected chi connectivity index (χ4v) is 5.86. The molecule has 1 aromatic heterocycles. The van der Waals surface area contributed by atoms with Gasteiger partial charge < -0.3 is 15.1 Å². The third-order valence-corrected chi connectivity index (χ3v) is 7.77. The molecule has 0 bridgehead atoms. The molecule has 0 aromatic carbocycles. The summed E-state index contributed by atoms with van der Waals surface area (Å²) >= 11 is 0. The molecule has 3 amide bonds. The summed E-state index contributed by atoms with van der Waals surface area (Å²) in [4.78, 5) is 33.1. The first-order valence-corrected chi connectivity index (χ1v) is 12.1. The SMILES string of the molecule is Cn1cc(CN2C[C@@H]3CN(C(=O)N4CCCC4)CCC[C@]3(C(=O)NCC3CC3)C2)cn1. The Labute approximate surface area is 184 Å². The van der Waals surface area contributed by atoms with Crippen molar-refractivity contribution >= 4 is 11.9 Å². The van der Waals surface area contributed by atoms with Crippen molar-refractivity contribution < 1.29 is 9.59 Å². The summed E-state index contributed by atoms with van der Waals surface area (Å²) in [6.07, 6.45) is 10.4. The van der Waals surface area contributed by atoms with Gasteiger partial charge >= 0.3 is 6.03 Å². The quantitative estimate of drug-likeness (QED) is 0.774. The molecule has 4 aliphatic rings. The third kappa shape index (κ3) is 4.31. The molecule has 1 aromatic rings. The molecule has 2 atom stereocenters. The Kier molecular flexibility index (Phi) is 5.67. The Morgan fingerprint density at radius 1 is 1.13 bits per heavy atom. The normalized spacial score (nSPS) is 29.1. The van der Waals surface area contributed by atoms with Crippen LogP contribution in [-0.4, -0.2) is 82.2 Å². The smallest absolute Gasteiger partial charge is 0.320 e. The lowest BCUT2D eigenvalue weighted by Crippen LogP contribution is -2.49. The van der Waals surface area contributed by atoms with Gasteiger partial charge in [0.1, 0.15) is 0 Å². The standard InChI is InChI=1S/C23H36N6O2/c1-26-13-19(12-25-26)14-27-15-20-16-29(22(31)28-8-2-3-9-28)10-4-7-23(20,17-27)21(30)24-11-18-5-6-18/h12-13,18,20H,2-11,14-17H2,1H3,(H,24,30)/t20-,23+/m1/s1. The molecule has 3 aliphatic heterocycles. The van der Waals surface area contributed by atoms with E-state index in [4.69, 9.17) is 0 Å². The second kappa shape index (κ2) is 8.45. The molecule has 8 nitrogen and oxygen atoms in total. The van der Waals surface area contributed by atoms with Crippen LogP contribution in [-0.2, 0) is 18.4 Å². The minimum atomic E-state index is -0.392. The van der Waals surface area contributed by atoms with E-state index in [0.717, 1.165) is 71.5 Å². The lowest BCUT2D eigenvalue weighted by molar-refractivity contribution is -0.133. The zero-order chi connectivity index (χ0) is 21.4. The number of fused-ring (bicyclic) bond motifs is 1. The molecular weight excluding hydrogens is 392 g/mol. The lowest BCUT2D eigenvalue weighted by Gasteiger charge is -2.33. The van der Waals surface area contributed by atoms with Gasteiger partial charge in [0.15, 0.2) is 0 Å². The van der Waals surface area contributed by atoms with Gasteiger partial charge in [0.05, 0.1) is 11.6 Å². The number of aromatic nitrogens is 2. The van der Waals surface area contributed by atoms with Crippen LogP contribution in [0.2, 0.25) is 0 Å². The number of nitrogens with zero attached hydrogens (tertiary/aromatic N) is 5. The Hall–Kier alpha value is -2.09. The van der Waals surface area contributed by atoms with E-state index in [1.165, 1.54) is 18.4 Å². The first-order valence-electron chi connectivity index (χ1n) is 12.1. The average molecular weight is 429 g/mol. The van der Waals surface area contributed by atoms with Gasteiger partial charge in [-0.25, -0.2) is 4.79 Å². The van der Waals surface area contributed by atoms with Gasteiger partial charge in [0.2, 0.25) is 5.91 Å². The van der Waals surface area contributed by atoms with E-state index in [9.17, 15) is 9.59 Å². The summed E-state index contributed by atoms with van der Waals surface area (Å²) in [5.41, 5.74) is 0.787. The highest BCUT2D eigenvalue weighted by molar-refractivity contribution is 5.84. The van der Waals surface area contributed by atoms with Crippen LogP contribution in [0.25, 0.3) is 0 Å². The van der Waals surface area contributed by atoms with E-state index in [1.807, 2.05) is 27.7 Å². The molecule has 1 aliphatic carbocycles. The summed E-state index contributed by atoms with van der Waals surface area (Å²) in [5, 5.41) is 7.60. The minimum absolute atomic E-state index is 0.178. The molecule has 1 N–H and O–H groups in total. The third-order valence-electron chi connectivity index (χ3n) is 7.77. The summed E-state index contributed by atoms with van der Waals surface area (Å²) in [6.45, 7) is 6.46. The number of carbonyl (C=O) groups excluding carboxylic acids is 2. The number of hydrogen-bond donors (Lipinski definition) is 1. The number of hydrogen-bond acceptors (Lipinski definition) is 4. The van der Waals surface area contributed by atoms with Crippen LogP contribution >= 0.6 is 0 Å². The second-order valence-electron chi connectivity index (χ2n) is 10.2. The number of aryl methyl sites for hydroxylation is 1. The Morgan fingerprint density at radius 3 is 2.61 bits per heavy atom. The van der Waals surface area contributed by atoms with E-state index in [2.05, 4.69) is 21.5 Å². The van der Waals surface area contributed by atoms with E-state index >= 15 is 0 Å². The molecule has 4 fully saturated rings. The van der Waals surface area contributed by atoms with Crippen LogP contribution in [0, 0.1) is 17.3 Å². The molecule has 0 radical (unpaired) electrons. The number of likely N-dealkylation sites (tertiary alicyclic amines) is 3. The van der Waals surface area contributed by atoms with Gasteiger partial charge in [-0.05, 0) is 44.4 Å². The van der Waals surface area contributed by atoms with Crippen LogP contribution in [0.5, 0.6) is 0 Å². The van der Waals surface area contributed by atoms with Crippen molar-refractivity contribution in [1.29, 1.82) is 0 Å². The average Bonchev–Trinajstić information content (AvgIpc) is 3.13. The van der Waals surface area contributed by atoms with Crippen LogP contribution in [0.1, 0.15) is 44.1 Å². The van der Waals surface area contributed by atoms with Gasteiger partial charge in [-0.1, -0.05) is 0 Å². The molecule has 4 heterocycles. The van der Waals surface area contributed by atoms with Crippen LogP contribution < -0.4 is 5.32 Å². The molecule has 3 saturated heterocycles. The van der Waals surface area contributed by atoms with Crippen molar-refractivity contribution in [3.8, 4) is 0 Å². The van der Waals surface area contributed by atoms with E-state index < -0.39 is 5.41 Å². The van der Waals surface area contributed by atoms with Crippen molar-refractivity contribution in [1.82, 2.24) is 29.8 Å². The largest absolute Gasteiger partial charge is 0.355 e. The fourth-order valence-electron chi connectivity index (χ4n) is 5.86. The zero-order valence-corrected chi connectivity index (χ0v) is 18.8. The highest BCUT2D eigenvalue weighted by Crippen LogP contribution is 2.44. The molecular formula is C23H36N6O2. The van der Waals surface area contributed by atoms with Crippen molar-refractivity contribution in [2.75, 3.05) is 45.8 Å². The Balaban J connectivity index is 1.33. The van der Waals surface area contributed by atoms with Gasteiger partial charge in [0, 0.05) is 77.1 Å². The van der Waals surface area contributed by atoms with Gasteiger partial charge in [-0.2, -0.15) is 5.10 Å². The van der Waals surface area contributed by atoms with Crippen LogP contribution in [0.3, 0.4) is 0 Å². The highest BCUT2D eigenvalue weighted by atomic mass is 16.2. The first kappa shape index (κ1) is 20.8. The Morgan fingerprint density at radius 2 is 1.90 bits per heavy atom. The van der Waals surface area contributed by atoms with Crippen molar-refractivity contribution in [3.05, 3.63) is 18.0 Å². The number of urea groups is 1. The van der Waals surface area contributed by atoms with Crippen molar-refractivity contribution in [2.45, 2.75) is 45.1 Å². The molecule has 170 valence electrons. The summed E-state index contributed by atoms with van der Waals surface area (Å²) in [7, 11) is 1.94.